The third-order valence-electron chi connectivity index (χ3n) is 2.67. The topological polar surface area (TPSA) is 12.4 Å². The third-order valence-corrected chi connectivity index (χ3v) is 3.60. The van der Waals surface area contributed by atoms with Gasteiger partial charge in [0, 0.05) is 5.92 Å². The van der Waals surface area contributed by atoms with Gasteiger partial charge < -0.3 is 0 Å². The molecule has 2 unspecified atom stereocenters. The highest BCUT2D eigenvalue weighted by atomic mass is 32.2. The molecule has 0 aromatic heterocycles. The highest BCUT2D eigenvalue weighted by Gasteiger charge is 2.24. The Hall–Kier alpha value is -0.760. The van der Waals surface area contributed by atoms with Crippen molar-refractivity contribution in [2.24, 2.45) is 10.9 Å². The highest BCUT2D eigenvalue weighted by molar-refractivity contribution is 8.13. The normalized spacial score (nSPS) is 26.3. The minimum atomic E-state index is 0.397. The molecule has 1 aromatic rings. The summed E-state index contributed by atoms with van der Waals surface area (Å²) in [4.78, 5) is 4.74. The first-order chi connectivity index (χ1) is 6.81. The lowest BCUT2D eigenvalue weighted by Gasteiger charge is -2.06. The van der Waals surface area contributed by atoms with Gasteiger partial charge in [0.05, 0.1) is 11.1 Å². The van der Waals surface area contributed by atoms with E-state index in [2.05, 4.69) is 43.5 Å². The van der Waals surface area contributed by atoms with Gasteiger partial charge in [0.1, 0.15) is 0 Å². The van der Waals surface area contributed by atoms with Gasteiger partial charge in [-0.2, -0.15) is 0 Å². The van der Waals surface area contributed by atoms with Crippen LogP contribution in [0.1, 0.15) is 24.9 Å². The van der Waals surface area contributed by atoms with Crippen LogP contribution in [-0.2, 0) is 0 Å². The molecule has 1 nitrogen and oxygen atoms in total. The second kappa shape index (κ2) is 4.18. The molecule has 0 spiro atoms. The van der Waals surface area contributed by atoms with Crippen molar-refractivity contribution in [1.82, 2.24) is 0 Å². The maximum absolute atomic E-state index is 4.74. The van der Waals surface area contributed by atoms with E-state index in [0.29, 0.717) is 12.0 Å². The lowest BCUT2D eigenvalue weighted by Crippen LogP contribution is -1.99. The lowest BCUT2D eigenvalue weighted by molar-refractivity contribution is 0.632. The summed E-state index contributed by atoms with van der Waals surface area (Å²) in [6.45, 7) is 2.26. The fourth-order valence-corrected chi connectivity index (χ4v) is 2.64. The average molecular weight is 205 g/mol. The van der Waals surface area contributed by atoms with Gasteiger partial charge in [0.2, 0.25) is 0 Å². The Morgan fingerprint density at radius 2 is 2.00 bits per heavy atom. The van der Waals surface area contributed by atoms with E-state index in [4.69, 9.17) is 4.99 Å². The summed E-state index contributed by atoms with van der Waals surface area (Å²) in [5.74, 6) is 0.634. The number of hydrogen-bond acceptors (Lipinski definition) is 2. The number of aliphatic imine (C=N–C) groups is 1. The zero-order valence-electron chi connectivity index (χ0n) is 8.60. The largest absolute Gasteiger partial charge is 0.275 e. The SMILES string of the molecule is CSC1=NC(c2ccccc2)CC1C. The van der Waals surface area contributed by atoms with Crippen LogP contribution in [0.15, 0.2) is 35.3 Å². The van der Waals surface area contributed by atoms with E-state index >= 15 is 0 Å². The second-order valence-corrected chi connectivity index (χ2v) is 4.56. The Morgan fingerprint density at radius 1 is 1.29 bits per heavy atom. The van der Waals surface area contributed by atoms with Gasteiger partial charge in [0.25, 0.3) is 0 Å². The Labute approximate surface area is 89.6 Å². The zero-order chi connectivity index (χ0) is 9.97. The van der Waals surface area contributed by atoms with Crippen molar-refractivity contribution in [3.63, 3.8) is 0 Å². The lowest BCUT2D eigenvalue weighted by atomic mass is 10.0. The molecule has 0 fully saturated rings. The minimum Gasteiger partial charge on any atom is -0.275 e. The van der Waals surface area contributed by atoms with Gasteiger partial charge >= 0.3 is 0 Å². The quantitative estimate of drug-likeness (QED) is 0.683. The van der Waals surface area contributed by atoms with Crippen LogP contribution in [0.4, 0.5) is 0 Å². The first-order valence-corrected chi connectivity index (χ1v) is 6.20. The molecule has 1 aliphatic heterocycles. The fraction of sp³-hybridized carbons (Fsp3) is 0.417. The van der Waals surface area contributed by atoms with Crippen molar-refractivity contribution in [3.8, 4) is 0 Å². The monoisotopic (exact) mass is 205 g/mol. The van der Waals surface area contributed by atoms with Crippen LogP contribution in [0, 0.1) is 5.92 Å². The van der Waals surface area contributed by atoms with Crippen LogP contribution in [0.2, 0.25) is 0 Å². The van der Waals surface area contributed by atoms with Crippen LogP contribution in [0.3, 0.4) is 0 Å². The van der Waals surface area contributed by atoms with Crippen molar-refractivity contribution < 1.29 is 0 Å². The van der Waals surface area contributed by atoms with Crippen LogP contribution >= 0.6 is 11.8 Å². The van der Waals surface area contributed by atoms with E-state index in [-0.39, 0.29) is 0 Å². The molecular formula is C12H15NS. The maximum atomic E-state index is 4.74. The zero-order valence-corrected chi connectivity index (χ0v) is 9.42. The van der Waals surface area contributed by atoms with Gasteiger partial charge in [-0.15, -0.1) is 11.8 Å². The van der Waals surface area contributed by atoms with Crippen LogP contribution in [0.5, 0.6) is 0 Å². The summed E-state index contributed by atoms with van der Waals surface area (Å²) in [6.07, 6.45) is 3.28. The van der Waals surface area contributed by atoms with Gasteiger partial charge in [0.15, 0.2) is 0 Å². The Kier molecular flexibility index (Phi) is 2.92. The smallest absolute Gasteiger partial charge is 0.0765 e. The van der Waals surface area contributed by atoms with Gasteiger partial charge in [-0.25, -0.2) is 0 Å². The summed E-state index contributed by atoms with van der Waals surface area (Å²) in [5.41, 5.74) is 1.35. The summed E-state index contributed by atoms with van der Waals surface area (Å²) in [5, 5.41) is 1.30. The first kappa shape index (κ1) is 9.78. The molecule has 0 N–H and O–H groups in total. The molecule has 0 amide bonds. The van der Waals surface area contributed by atoms with Gasteiger partial charge in [-0.3, -0.25) is 4.99 Å². The second-order valence-electron chi connectivity index (χ2n) is 3.73. The van der Waals surface area contributed by atoms with Crippen molar-refractivity contribution in [1.29, 1.82) is 0 Å². The third kappa shape index (κ3) is 1.85. The molecule has 0 saturated carbocycles. The van der Waals surface area contributed by atoms with E-state index in [1.165, 1.54) is 17.0 Å². The van der Waals surface area contributed by atoms with Crippen molar-refractivity contribution >= 4 is 16.8 Å². The number of rotatable bonds is 1. The number of benzene rings is 1. The molecule has 1 aliphatic rings. The summed E-state index contributed by atoms with van der Waals surface area (Å²) in [6, 6.07) is 11.0. The number of thioether (sulfide) groups is 1. The van der Waals surface area contributed by atoms with Gasteiger partial charge in [-0.05, 0) is 18.2 Å². The van der Waals surface area contributed by atoms with E-state index in [0.717, 1.165) is 0 Å². The molecule has 2 rings (SSSR count). The van der Waals surface area contributed by atoms with Crippen molar-refractivity contribution in [3.05, 3.63) is 35.9 Å². The molecule has 74 valence electrons. The molecule has 1 heterocycles. The Bertz CT molecular complexity index is 331. The molecule has 0 saturated heterocycles. The predicted octanol–water partition coefficient (Wildman–Crippen LogP) is 3.53. The van der Waals surface area contributed by atoms with E-state index in [1.807, 2.05) is 0 Å². The molecule has 1 aromatic carbocycles. The van der Waals surface area contributed by atoms with Crippen molar-refractivity contribution in [2.45, 2.75) is 19.4 Å². The van der Waals surface area contributed by atoms with Crippen LogP contribution in [-0.4, -0.2) is 11.3 Å². The standard InChI is InChI=1S/C12H15NS/c1-9-8-11(13-12(9)14-2)10-6-4-3-5-7-10/h3-7,9,11H,8H2,1-2H3. The number of nitrogens with zero attached hydrogens (tertiary/aromatic N) is 1. The maximum Gasteiger partial charge on any atom is 0.0765 e. The van der Waals surface area contributed by atoms with E-state index in [9.17, 15) is 0 Å². The molecule has 2 atom stereocenters. The van der Waals surface area contributed by atoms with Crippen LogP contribution < -0.4 is 0 Å². The summed E-state index contributed by atoms with van der Waals surface area (Å²) in [7, 11) is 0. The summed E-state index contributed by atoms with van der Waals surface area (Å²) < 4.78 is 0. The predicted molar refractivity (Wildman–Crippen MR) is 63.9 cm³/mol. The highest BCUT2D eigenvalue weighted by Crippen LogP contribution is 2.35. The molecule has 0 radical (unpaired) electrons. The number of hydrogen-bond donors (Lipinski definition) is 0. The first-order valence-electron chi connectivity index (χ1n) is 4.98. The fourth-order valence-electron chi connectivity index (χ4n) is 1.91. The summed E-state index contributed by atoms with van der Waals surface area (Å²) >= 11 is 1.79. The Balaban J connectivity index is 2.20. The average Bonchev–Trinajstić information content (AvgIpc) is 2.61. The molecule has 0 bridgehead atoms. The van der Waals surface area contributed by atoms with Crippen LogP contribution in [0.25, 0.3) is 0 Å². The van der Waals surface area contributed by atoms with E-state index in [1.54, 1.807) is 11.8 Å². The van der Waals surface area contributed by atoms with Gasteiger partial charge in [-0.1, -0.05) is 37.3 Å². The van der Waals surface area contributed by atoms with E-state index < -0.39 is 0 Å². The molecule has 0 aliphatic carbocycles. The minimum absolute atomic E-state index is 0.397. The van der Waals surface area contributed by atoms with Crippen molar-refractivity contribution in [2.75, 3.05) is 6.26 Å². The molecule has 14 heavy (non-hydrogen) atoms. The Morgan fingerprint density at radius 3 is 2.57 bits per heavy atom. The molecular weight excluding hydrogens is 190 g/mol. The molecule has 2 heteroatoms.